The van der Waals surface area contributed by atoms with Crippen molar-refractivity contribution >= 4 is 5.69 Å². The van der Waals surface area contributed by atoms with Gasteiger partial charge in [-0.25, -0.2) is 0 Å². The zero-order valence-electron chi connectivity index (χ0n) is 12.7. The van der Waals surface area contributed by atoms with Crippen LogP contribution in [0, 0.1) is 6.92 Å². The number of piperazine rings is 1. The molecule has 5 heteroatoms. The van der Waals surface area contributed by atoms with Crippen molar-refractivity contribution in [3.8, 4) is 5.75 Å². The molecule has 116 valence electrons. The molecular weight excluding hydrogens is 280 g/mol. The van der Waals surface area contributed by atoms with E-state index in [9.17, 15) is 9.90 Å². The van der Waals surface area contributed by atoms with Crippen molar-refractivity contribution in [2.75, 3.05) is 31.1 Å². The van der Waals surface area contributed by atoms with Gasteiger partial charge < -0.3 is 14.4 Å². The van der Waals surface area contributed by atoms with E-state index in [0.29, 0.717) is 12.3 Å². The van der Waals surface area contributed by atoms with Crippen LogP contribution in [0.15, 0.2) is 45.8 Å². The van der Waals surface area contributed by atoms with Gasteiger partial charge in [-0.15, -0.1) is 0 Å². The second kappa shape index (κ2) is 6.23. The van der Waals surface area contributed by atoms with Crippen LogP contribution in [0.25, 0.3) is 0 Å². The van der Waals surface area contributed by atoms with E-state index < -0.39 is 0 Å². The molecule has 0 bridgehead atoms. The number of aryl methyl sites for hydroxylation is 1. The monoisotopic (exact) mass is 300 g/mol. The fourth-order valence-corrected chi connectivity index (χ4v) is 2.81. The van der Waals surface area contributed by atoms with E-state index in [0.717, 1.165) is 32.4 Å². The van der Waals surface area contributed by atoms with Crippen molar-refractivity contribution in [1.82, 2.24) is 4.90 Å². The van der Waals surface area contributed by atoms with Gasteiger partial charge >= 0.3 is 0 Å². The van der Waals surface area contributed by atoms with Crippen LogP contribution in [-0.4, -0.2) is 36.2 Å². The highest BCUT2D eigenvalue weighted by molar-refractivity contribution is 5.53. The van der Waals surface area contributed by atoms with E-state index in [1.807, 2.05) is 0 Å². The van der Waals surface area contributed by atoms with Crippen LogP contribution in [0.4, 0.5) is 5.69 Å². The SMILES string of the molecule is Cc1ccccc1N1CCN(Cc2cc(=O)c(O)co2)CC1. The van der Waals surface area contributed by atoms with Gasteiger partial charge in [0.15, 0.2) is 5.75 Å². The van der Waals surface area contributed by atoms with Crippen molar-refractivity contribution in [1.29, 1.82) is 0 Å². The van der Waals surface area contributed by atoms with Crippen LogP contribution < -0.4 is 10.3 Å². The molecule has 1 aliphatic heterocycles. The Kier molecular flexibility index (Phi) is 4.15. The third-order valence-electron chi connectivity index (χ3n) is 4.07. The first kappa shape index (κ1) is 14.7. The maximum atomic E-state index is 11.4. The predicted molar refractivity (Wildman–Crippen MR) is 85.3 cm³/mol. The van der Waals surface area contributed by atoms with E-state index >= 15 is 0 Å². The summed E-state index contributed by atoms with van der Waals surface area (Å²) in [6, 6.07) is 9.78. The van der Waals surface area contributed by atoms with E-state index in [-0.39, 0.29) is 11.2 Å². The van der Waals surface area contributed by atoms with E-state index in [2.05, 4.69) is 41.0 Å². The smallest absolute Gasteiger partial charge is 0.226 e. The molecule has 22 heavy (non-hydrogen) atoms. The molecule has 2 heterocycles. The van der Waals surface area contributed by atoms with E-state index in [1.54, 1.807) is 0 Å². The minimum absolute atomic E-state index is 0.340. The zero-order chi connectivity index (χ0) is 15.5. The average Bonchev–Trinajstić information content (AvgIpc) is 2.52. The van der Waals surface area contributed by atoms with Gasteiger partial charge in [0.25, 0.3) is 0 Å². The van der Waals surface area contributed by atoms with Crippen molar-refractivity contribution in [3.63, 3.8) is 0 Å². The average molecular weight is 300 g/mol. The van der Waals surface area contributed by atoms with Crippen LogP contribution in [0.5, 0.6) is 5.75 Å². The van der Waals surface area contributed by atoms with Crippen LogP contribution in [0.1, 0.15) is 11.3 Å². The van der Waals surface area contributed by atoms with Crippen molar-refractivity contribution < 1.29 is 9.52 Å². The van der Waals surface area contributed by atoms with Crippen LogP contribution in [-0.2, 0) is 6.54 Å². The summed E-state index contributed by atoms with van der Waals surface area (Å²) in [5.41, 5.74) is 2.19. The quantitative estimate of drug-likeness (QED) is 0.939. The molecule has 0 aliphatic carbocycles. The summed E-state index contributed by atoms with van der Waals surface area (Å²) >= 11 is 0. The van der Waals surface area contributed by atoms with Crippen molar-refractivity contribution in [2.45, 2.75) is 13.5 Å². The molecule has 0 saturated carbocycles. The number of hydrogen-bond acceptors (Lipinski definition) is 5. The molecule has 1 aromatic carbocycles. The molecule has 1 aliphatic rings. The summed E-state index contributed by atoms with van der Waals surface area (Å²) in [6.45, 7) is 6.46. The molecule has 1 N–H and O–H groups in total. The summed E-state index contributed by atoms with van der Waals surface area (Å²) in [4.78, 5) is 16.1. The third-order valence-corrected chi connectivity index (χ3v) is 4.07. The Hall–Kier alpha value is -2.27. The number of benzene rings is 1. The summed E-state index contributed by atoms with van der Waals surface area (Å²) in [5, 5.41) is 9.21. The third kappa shape index (κ3) is 3.14. The standard InChI is InChI=1S/C17H20N2O3/c1-13-4-2-3-5-15(13)19-8-6-18(7-9-19)11-14-10-16(20)17(21)12-22-14/h2-5,10,12,21H,6-9,11H2,1H3. The number of anilines is 1. The first-order valence-electron chi connectivity index (χ1n) is 7.47. The highest BCUT2D eigenvalue weighted by atomic mass is 16.4. The van der Waals surface area contributed by atoms with Gasteiger partial charge in [0, 0.05) is 37.9 Å². The molecule has 0 spiro atoms. The molecule has 0 amide bonds. The van der Waals surface area contributed by atoms with Gasteiger partial charge in [0.05, 0.1) is 6.54 Å². The first-order chi connectivity index (χ1) is 10.6. The summed E-state index contributed by atoms with van der Waals surface area (Å²) in [6.07, 6.45) is 1.11. The molecule has 5 nitrogen and oxygen atoms in total. The first-order valence-corrected chi connectivity index (χ1v) is 7.47. The van der Waals surface area contributed by atoms with Crippen molar-refractivity contribution in [2.24, 2.45) is 0 Å². The normalized spacial score (nSPS) is 16.0. The Morgan fingerprint density at radius 1 is 1.18 bits per heavy atom. The Balaban J connectivity index is 1.61. The molecule has 0 atom stereocenters. The van der Waals surface area contributed by atoms with Gasteiger partial charge in [-0.3, -0.25) is 9.69 Å². The van der Waals surface area contributed by atoms with Crippen molar-refractivity contribution in [3.05, 3.63) is 58.1 Å². The van der Waals surface area contributed by atoms with Crippen LogP contribution >= 0.6 is 0 Å². The molecular formula is C17H20N2O3. The summed E-state index contributed by atoms with van der Waals surface area (Å²) in [7, 11) is 0. The number of nitrogens with zero attached hydrogens (tertiary/aromatic N) is 2. The molecule has 3 rings (SSSR count). The number of rotatable bonds is 3. The highest BCUT2D eigenvalue weighted by Crippen LogP contribution is 2.21. The van der Waals surface area contributed by atoms with Gasteiger partial charge in [0.1, 0.15) is 12.0 Å². The highest BCUT2D eigenvalue weighted by Gasteiger charge is 2.19. The lowest BCUT2D eigenvalue weighted by Gasteiger charge is -2.36. The van der Waals surface area contributed by atoms with Gasteiger partial charge in [-0.05, 0) is 18.6 Å². The topological polar surface area (TPSA) is 56.9 Å². The second-order valence-electron chi connectivity index (χ2n) is 5.65. The van der Waals surface area contributed by atoms with Gasteiger partial charge in [-0.2, -0.15) is 0 Å². The Labute approximate surface area is 129 Å². The lowest BCUT2D eigenvalue weighted by molar-refractivity contribution is 0.227. The lowest BCUT2D eigenvalue weighted by Crippen LogP contribution is -2.46. The maximum Gasteiger partial charge on any atom is 0.226 e. The van der Waals surface area contributed by atoms with Gasteiger partial charge in [-0.1, -0.05) is 18.2 Å². The summed E-state index contributed by atoms with van der Waals surface area (Å²) < 4.78 is 5.27. The lowest BCUT2D eigenvalue weighted by atomic mass is 10.1. The Bertz CT molecular complexity index is 703. The maximum absolute atomic E-state index is 11.4. The minimum atomic E-state index is -0.389. The molecule has 2 aromatic rings. The second-order valence-corrected chi connectivity index (χ2v) is 5.65. The van der Waals surface area contributed by atoms with Gasteiger partial charge in [0.2, 0.25) is 5.43 Å². The predicted octanol–water partition coefficient (Wildman–Crippen LogP) is 1.98. The number of para-hydroxylation sites is 1. The Morgan fingerprint density at radius 2 is 1.91 bits per heavy atom. The summed E-state index contributed by atoms with van der Waals surface area (Å²) in [5.74, 6) is 0.250. The molecule has 1 fully saturated rings. The number of hydrogen-bond donors (Lipinski definition) is 1. The molecule has 1 saturated heterocycles. The fraction of sp³-hybridized carbons (Fsp3) is 0.353. The molecule has 1 aromatic heterocycles. The largest absolute Gasteiger partial charge is 0.502 e. The minimum Gasteiger partial charge on any atom is -0.502 e. The van der Waals surface area contributed by atoms with Crippen LogP contribution in [0.2, 0.25) is 0 Å². The van der Waals surface area contributed by atoms with E-state index in [1.165, 1.54) is 17.3 Å². The number of aromatic hydroxyl groups is 1. The Morgan fingerprint density at radius 3 is 2.59 bits per heavy atom. The van der Waals surface area contributed by atoms with E-state index in [4.69, 9.17) is 4.42 Å². The fourth-order valence-electron chi connectivity index (χ4n) is 2.81. The molecule has 0 unspecified atom stereocenters. The molecule has 0 radical (unpaired) electrons. The van der Waals surface area contributed by atoms with Crippen LogP contribution in [0.3, 0.4) is 0 Å². The zero-order valence-corrected chi connectivity index (χ0v) is 12.7.